The second-order valence-electron chi connectivity index (χ2n) is 20.3. The third kappa shape index (κ3) is 10.6. The van der Waals surface area contributed by atoms with Crippen LogP contribution in [0.2, 0.25) is 0 Å². The summed E-state index contributed by atoms with van der Waals surface area (Å²) in [5.74, 6) is 7.45. The van der Waals surface area contributed by atoms with E-state index in [2.05, 4.69) is 49.6 Å². The quantitative estimate of drug-likeness (QED) is 0.0812. The van der Waals surface area contributed by atoms with E-state index in [0.29, 0.717) is 93.4 Å². The second kappa shape index (κ2) is 20.3. The van der Waals surface area contributed by atoms with Crippen molar-refractivity contribution in [2.24, 2.45) is 0 Å². The summed E-state index contributed by atoms with van der Waals surface area (Å²) in [4.78, 5) is 79.1. The van der Waals surface area contributed by atoms with Gasteiger partial charge in [0.15, 0.2) is 0 Å². The first-order valence-corrected chi connectivity index (χ1v) is 25.2. The summed E-state index contributed by atoms with van der Waals surface area (Å²) < 4.78 is 0. The van der Waals surface area contributed by atoms with Crippen molar-refractivity contribution in [3.05, 3.63) is 143 Å². The van der Waals surface area contributed by atoms with E-state index in [1.165, 1.54) is 0 Å². The lowest BCUT2D eigenvalue weighted by molar-refractivity contribution is -0.135. The number of imidazole rings is 2. The Morgan fingerprint density at radius 3 is 1.64 bits per heavy atom. The Kier molecular flexibility index (Phi) is 13.6. The number of urea groups is 2. The fourth-order valence-corrected chi connectivity index (χ4v) is 10.5. The van der Waals surface area contributed by atoms with E-state index >= 15 is 0 Å². The van der Waals surface area contributed by atoms with Gasteiger partial charge in [0.1, 0.15) is 29.4 Å². The molecule has 16 heteroatoms. The molecule has 0 spiro atoms. The van der Waals surface area contributed by atoms with Crippen LogP contribution < -0.4 is 10.6 Å². The fourth-order valence-electron chi connectivity index (χ4n) is 10.5. The molecular weight excluding hydrogens is 909 g/mol. The fraction of sp³-hybridized carbons (Fsp3) is 0.393. The van der Waals surface area contributed by atoms with Crippen molar-refractivity contribution in [1.82, 2.24) is 50.2 Å². The number of nitrogens with one attached hydrogen (secondary N) is 4. The SMILES string of the molecule is CC1(O)CCN(C(=O)NC(C(=O)N2CCCC2c2ncc(C#Cc3ccc4cc(-c5cnc(C6CCCN6C(=O)C(NC(=O)N6CCC(C)(O)CC6)c6ccccc6)[nH]5)ccc4c3)[nH]2)c2ccccc2)CC1. The molecular formula is C56H62N10O6. The number of carbonyl (C=O) groups excluding carboxylic acids is 4. The van der Waals surface area contributed by atoms with Crippen molar-refractivity contribution < 1.29 is 29.4 Å². The number of rotatable bonds is 9. The minimum absolute atomic E-state index is 0.189. The number of hydrogen-bond acceptors (Lipinski definition) is 8. The molecule has 10 rings (SSSR count). The maximum atomic E-state index is 14.4. The highest BCUT2D eigenvalue weighted by Gasteiger charge is 2.40. The molecule has 4 saturated heterocycles. The van der Waals surface area contributed by atoms with Gasteiger partial charge in [0, 0.05) is 50.4 Å². The number of carbonyl (C=O) groups is 4. The number of benzene rings is 4. The topological polar surface area (TPSA) is 203 Å². The molecule has 0 radical (unpaired) electrons. The average molecular weight is 971 g/mol. The van der Waals surface area contributed by atoms with Gasteiger partial charge in [0.2, 0.25) is 11.8 Å². The Morgan fingerprint density at radius 2 is 1.10 bits per heavy atom. The monoisotopic (exact) mass is 970 g/mol. The summed E-state index contributed by atoms with van der Waals surface area (Å²) in [5, 5.41) is 29.0. The van der Waals surface area contributed by atoms with E-state index in [4.69, 9.17) is 4.98 Å². The van der Waals surface area contributed by atoms with Crippen LogP contribution in [0.4, 0.5) is 9.59 Å². The van der Waals surface area contributed by atoms with Crippen LogP contribution in [0.5, 0.6) is 0 Å². The molecule has 4 aromatic carbocycles. The third-order valence-electron chi connectivity index (χ3n) is 14.9. The summed E-state index contributed by atoms with van der Waals surface area (Å²) in [6.45, 7) is 6.29. The zero-order valence-corrected chi connectivity index (χ0v) is 40.8. The number of amides is 6. The number of aromatic amines is 2. The van der Waals surface area contributed by atoms with Gasteiger partial charge >= 0.3 is 12.1 Å². The molecule has 6 N–H and O–H groups in total. The van der Waals surface area contributed by atoms with Crippen molar-refractivity contribution in [2.45, 2.75) is 101 Å². The molecule has 0 bridgehead atoms. The van der Waals surface area contributed by atoms with Crippen LogP contribution in [0.15, 0.2) is 109 Å². The molecule has 372 valence electrons. The molecule has 4 aliphatic rings. The van der Waals surface area contributed by atoms with Crippen molar-refractivity contribution in [3.63, 3.8) is 0 Å². The van der Waals surface area contributed by atoms with Crippen LogP contribution >= 0.6 is 0 Å². The van der Waals surface area contributed by atoms with Crippen LogP contribution in [-0.2, 0) is 9.59 Å². The van der Waals surface area contributed by atoms with Crippen LogP contribution in [0.1, 0.15) is 123 Å². The van der Waals surface area contributed by atoms with E-state index < -0.39 is 23.3 Å². The van der Waals surface area contributed by atoms with E-state index in [9.17, 15) is 29.4 Å². The largest absolute Gasteiger partial charge is 0.390 e. The number of aliphatic hydroxyl groups is 2. The predicted octanol–water partition coefficient (Wildman–Crippen LogP) is 7.28. The van der Waals surface area contributed by atoms with Crippen LogP contribution in [0, 0.1) is 11.8 Å². The molecule has 4 fully saturated rings. The lowest BCUT2D eigenvalue weighted by Gasteiger charge is -2.37. The van der Waals surface area contributed by atoms with Gasteiger partial charge in [-0.1, -0.05) is 84.8 Å². The first kappa shape index (κ1) is 48.2. The van der Waals surface area contributed by atoms with Crippen molar-refractivity contribution >= 4 is 34.6 Å². The number of likely N-dealkylation sites (tertiary alicyclic amines) is 4. The highest BCUT2D eigenvalue weighted by Crippen LogP contribution is 2.36. The number of hydrogen-bond donors (Lipinski definition) is 6. The molecule has 2 aromatic heterocycles. The lowest BCUT2D eigenvalue weighted by atomic mass is 9.94. The van der Waals surface area contributed by atoms with E-state index in [0.717, 1.165) is 53.3 Å². The van der Waals surface area contributed by atoms with Gasteiger partial charge in [0.05, 0.1) is 41.4 Å². The average Bonchev–Trinajstić information content (AvgIpc) is 4.25. The summed E-state index contributed by atoms with van der Waals surface area (Å²) in [6.07, 6.45) is 8.45. The molecule has 0 aliphatic carbocycles. The zero-order chi connectivity index (χ0) is 50.0. The third-order valence-corrected chi connectivity index (χ3v) is 14.9. The highest BCUT2D eigenvalue weighted by atomic mass is 16.3. The van der Waals surface area contributed by atoms with Crippen LogP contribution in [-0.4, -0.2) is 124 Å². The molecule has 72 heavy (non-hydrogen) atoms. The highest BCUT2D eigenvalue weighted by molar-refractivity contribution is 5.90. The minimum atomic E-state index is -0.884. The maximum absolute atomic E-state index is 14.4. The van der Waals surface area contributed by atoms with Crippen molar-refractivity contribution in [2.75, 3.05) is 39.3 Å². The number of aromatic nitrogens is 4. The number of nitrogens with zero attached hydrogens (tertiary/aromatic N) is 6. The second-order valence-corrected chi connectivity index (χ2v) is 20.3. The summed E-state index contributed by atoms with van der Waals surface area (Å²) in [7, 11) is 0. The molecule has 6 amide bonds. The molecule has 0 saturated carbocycles. The van der Waals surface area contributed by atoms with Gasteiger partial charge in [-0.3, -0.25) is 9.59 Å². The number of fused-ring (bicyclic) bond motifs is 1. The first-order chi connectivity index (χ1) is 34.8. The van der Waals surface area contributed by atoms with Gasteiger partial charge in [-0.2, -0.15) is 0 Å². The Balaban J connectivity index is 0.795. The zero-order valence-electron chi connectivity index (χ0n) is 40.8. The minimum Gasteiger partial charge on any atom is -0.390 e. The maximum Gasteiger partial charge on any atom is 0.318 e. The van der Waals surface area contributed by atoms with Gasteiger partial charge < -0.3 is 50.4 Å². The lowest BCUT2D eigenvalue weighted by Crippen LogP contribution is -2.51. The smallest absolute Gasteiger partial charge is 0.318 e. The summed E-state index contributed by atoms with van der Waals surface area (Å²) in [5.41, 5.74) is 3.02. The van der Waals surface area contributed by atoms with Gasteiger partial charge in [-0.15, -0.1) is 0 Å². The Hall–Kier alpha value is -7.48. The molecule has 6 heterocycles. The number of piperidine rings is 2. The summed E-state index contributed by atoms with van der Waals surface area (Å²) in [6, 6.07) is 27.9. The van der Waals surface area contributed by atoms with E-state index in [1.54, 1.807) is 34.7 Å². The molecule has 4 aliphatic heterocycles. The predicted molar refractivity (Wildman–Crippen MR) is 272 cm³/mol. The van der Waals surface area contributed by atoms with E-state index in [-0.39, 0.29) is 36.0 Å². The molecule has 4 unspecified atom stereocenters. The van der Waals surface area contributed by atoms with Gasteiger partial charge in [0.25, 0.3) is 0 Å². The Labute approximate surface area is 419 Å². The normalized spacial score (nSPS) is 20.4. The van der Waals surface area contributed by atoms with Crippen molar-refractivity contribution in [1.29, 1.82) is 0 Å². The molecule has 4 atom stereocenters. The standard InChI is InChI=1S/C56H62N10O6/c1-55(71)23-29-63(30-24-55)53(69)61-47(38-11-5-3-6-12-38)51(67)65-27-9-15-45(65)49-57-35-43(59-49)22-18-37-17-19-41-34-42(21-20-40(41)33-37)44-36-58-50(60-44)46-16-10-28-66(46)52(68)48(39-13-7-4-8-14-39)62-54(70)64-31-25-56(2,72)26-32-64/h3-8,11-14,17,19-21,33-36,45-48,71-72H,9-10,15-16,23-32H2,1-2H3,(H,57,59)(H,58,60)(H,61,69)(H,62,70). The Morgan fingerprint density at radius 1 is 0.611 bits per heavy atom. The summed E-state index contributed by atoms with van der Waals surface area (Å²) >= 11 is 0. The first-order valence-electron chi connectivity index (χ1n) is 25.2. The number of H-pyrrole nitrogens is 2. The van der Waals surface area contributed by atoms with E-state index in [1.807, 2.05) is 96.0 Å². The molecule has 16 nitrogen and oxygen atoms in total. The van der Waals surface area contributed by atoms with Crippen LogP contribution in [0.25, 0.3) is 22.0 Å². The van der Waals surface area contributed by atoms with Crippen LogP contribution in [0.3, 0.4) is 0 Å². The van der Waals surface area contributed by atoms with Crippen molar-refractivity contribution in [3.8, 4) is 23.1 Å². The van der Waals surface area contributed by atoms with Gasteiger partial charge in [-0.25, -0.2) is 19.6 Å². The Bertz CT molecular complexity index is 2990. The van der Waals surface area contributed by atoms with Gasteiger partial charge in [-0.05, 0) is 111 Å². The molecule has 6 aromatic rings.